The average Bonchev–Trinajstić information content (AvgIpc) is 3.26. The molecule has 0 spiro atoms. The van der Waals surface area contributed by atoms with Crippen molar-refractivity contribution in [3.8, 4) is 11.4 Å². The highest BCUT2D eigenvalue weighted by molar-refractivity contribution is 6.48. The number of anilines is 1. The molecular formula is C22H26N8. The molecule has 0 saturated carbocycles. The molecule has 0 amide bonds. The van der Waals surface area contributed by atoms with Crippen LogP contribution in [0.25, 0.3) is 11.4 Å². The first-order chi connectivity index (χ1) is 14.6. The predicted molar refractivity (Wildman–Crippen MR) is 120 cm³/mol. The van der Waals surface area contributed by atoms with E-state index in [4.69, 9.17) is 20.1 Å². The molecule has 4 rings (SSSR count). The van der Waals surface area contributed by atoms with Gasteiger partial charge < -0.3 is 4.90 Å². The van der Waals surface area contributed by atoms with E-state index in [9.17, 15) is 0 Å². The van der Waals surface area contributed by atoms with Gasteiger partial charge in [0.1, 0.15) is 22.9 Å². The van der Waals surface area contributed by atoms with E-state index in [1.807, 2.05) is 30.7 Å². The Kier molecular flexibility index (Phi) is 5.39. The van der Waals surface area contributed by atoms with E-state index < -0.39 is 0 Å². The number of rotatable bonds is 6. The Bertz CT molecular complexity index is 1120. The number of nitrogens with zero attached hydrogens (tertiary/aromatic N) is 8. The van der Waals surface area contributed by atoms with Crippen LogP contribution in [0.1, 0.15) is 44.9 Å². The lowest BCUT2D eigenvalue weighted by Crippen LogP contribution is -2.23. The summed E-state index contributed by atoms with van der Waals surface area (Å²) in [5.74, 6) is 1.70. The first kappa shape index (κ1) is 19.9. The van der Waals surface area contributed by atoms with E-state index in [1.54, 1.807) is 18.6 Å². The van der Waals surface area contributed by atoms with Crippen LogP contribution in [0.3, 0.4) is 0 Å². The van der Waals surface area contributed by atoms with Crippen LogP contribution in [0.2, 0.25) is 0 Å². The Labute approximate surface area is 176 Å². The molecule has 8 heteroatoms. The minimum atomic E-state index is 0.734. The number of aliphatic imine (C=N–C) groups is 1. The van der Waals surface area contributed by atoms with Crippen molar-refractivity contribution in [1.82, 2.24) is 24.6 Å². The molecule has 0 unspecified atom stereocenters. The van der Waals surface area contributed by atoms with Gasteiger partial charge in [0.15, 0.2) is 5.82 Å². The van der Waals surface area contributed by atoms with Crippen molar-refractivity contribution in [2.24, 2.45) is 10.1 Å². The molecule has 8 nitrogen and oxygen atoms in total. The number of hydrogen-bond donors (Lipinski definition) is 0. The van der Waals surface area contributed by atoms with Gasteiger partial charge in [0.2, 0.25) is 0 Å². The third kappa shape index (κ3) is 3.38. The largest absolute Gasteiger partial charge is 0.357 e. The van der Waals surface area contributed by atoms with Gasteiger partial charge in [-0.05, 0) is 46.2 Å². The molecule has 1 aliphatic rings. The lowest BCUT2D eigenvalue weighted by Gasteiger charge is -2.20. The third-order valence-electron chi connectivity index (χ3n) is 5.23. The second-order valence-electron chi connectivity index (χ2n) is 7.08. The van der Waals surface area contributed by atoms with E-state index >= 15 is 0 Å². The number of aryl methyl sites for hydroxylation is 2. The standard InChI is InChI=1S/C22H26N8/c1-6-16-21(18-13-23-11-12-24-18)30-22(27-16)20(15(5)28-30)26-17-9-10-19(25-14(17)4)29(7-2)8-3/h9-13H,6-8H2,1-5H3. The molecule has 0 saturated heterocycles. The van der Waals surface area contributed by atoms with Crippen LogP contribution in [-0.4, -0.2) is 49.1 Å². The zero-order valence-electron chi connectivity index (χ0n) is 18.1. The van der Waals surface area contributed by atoms with Gasteiger partial charge in [-0.15, -0.1) is 0 Å². The van der Waals surface area contributed by atoms with Crippen molar-refractivity contribution in [3.63, 3.8) is 0 Å². The van der Waals surface area contributed by atoms with Crippen molar-refractivity contribution >= 4 is 22.9 Å². The normalized spacial score (nSPS) is 14.2. The minimum absolute atomic E-state index is 0.734. The maximum absolute atomic E-state index is 4.90. The van der Waals surface area contributed by atoms with Gasteiger partial charge in [-0.1, -0.05) is 6.92 Å². The third-order valence-corrected chi connectivity index (χ3v) is 5.23. The predicted octanol–water partition coefficient (Wildman–Crippen LogP) is 3.81. The zero-order valence-corrected chi connectivity index (χ0v) is 18.1. The van der Waals surface area contributed by atoms with Crippen LogP contribution in [-0.2, 0) is 6.42 Å². The number of imidazole rings is 1. The first-order valence-electron chi connectivity index (χ1n) is 10.3. The van der Waals surface area contributed by atoms with Gasteiger partial charge >= 0.3 is 0 Å². The summed E-state index contributed by atoms with van der Waals surface area (Å²) in [6, 6.07) is 4.04. The summed E-state index contributed by atoms with van der Waals surface area (Å²) in [4.78, 5) is 25.4. The molecule has 0 bridgehead atoms. The van der Waals surface area contributed by atoms with E-state index in [0.717, 1.165) is 71.0 Å². The molecule has 0 aliphatic carbocycles. The van der Waals surface area contributed by atoms with E-state index in [0.29, 0.717) is 0 Å². The maximum Gasteiger partial charge on any atom is 0.182 e. The summed E-state index contributed by atoms with van der Waals surface area (Å²) in [5.41, 5.74) is 5.85. The topological polar surface area (TPSA) is 84.4 Å². The smallest absolute Gasteiger partial charge is 0.182 e. The quantitative estimate of drug-likeness (QED) is 0.626. The van der Waals surface area contributed by atoms with Crippen LogP contribution < -0.4 is 4.90 Å². The van der Waals surface area contributed by atoms with Gasteiger partial charge in [-0.3, -0.25) is 9.97 Å². The number of pyridine rings is 1. The van der Waals surface area contributed by atoms with Crippen molar-refractivity contribution in [3.05, 3.63) is 47.9 Å². The van der Waals surface area contributed by atoms with Gasteiger partial charge in [0.05, 0.1) is 29.0 Å². The molecule has 0 fully saturated rings. The van der Waals surface area contributed by atoms with Crippen LogP contribution in [0.4, 0.5) is 11.5 Å². The summed E-state index contributed by atoms with van der Waals surface area (Å²) < 4.78 is 1.84. The maximum atomic E-state index is 4.90. The second-order valence-corrected chi connectivity index (χ2v) is 7.08. The summed E-state index contributed by atoms with van der Waals surface area (Å²) in [6.45, 7) is 12.1. The fraction of sp³-hybridized carbons (Fsp3) is 0.364. The highest BCUT2D eigenvalue weighted by Crippen LogP contribution is 2.29. The molecule has 0 atom stereocenters. The highest BCUT2D eigenvalue weighted by atomic mass is 15.4. The Morgan fingerprint density at radius 2 is 1.83 bits per heavy atom. The van der Waals surface area contributed by atoms with E-state index in [-0.39, 0.29) is 0 Å². The molecule has 30 heavy (non-hydrogen) atoms. The average molecular weight is 403 g/mol. The summed E-state index contributed by atoms with van der Waals surface area (Å²) in [7, 11) is 0. The van der Waals surface area contributed by atoms with Gasteiger partial charge in [0, 0.05) is 25.5 Å². The monoisotopic (exact) mass is 402 g/mol. The molecular weight excluding hydrogens is 376 g/mol. The lowest BCUT2D eigenvalue weighted by atomic mass is 10.2. The Balaban J connectivity index is 1.78. The van der Waals surface area contributed by atoms with Crippen LogP contribution >= 0.6 is 0 Å². The molecule has 0 aromatic carbocycles. The highest BCUT2D eigenvalue weighted by Gasteiger charge is 2.28. The lowest BCUT2D eigenvalue weighted by molar-refractivity contribution is 0.842. The van der Waals surface area contributed by atoms with Crippen molar-refractivity contribution in [2.45, 2.75) is 41.0 Å². The second kappa shape index (κ2) is 8.14. The zero-order chi connectivity index (χ0) is 21.3. The number of fused-ring (bicyclic) bond motifs is 1. The summed E-state index contributed by atoms with van der Waals surface area (Å²) in [6.07, 6.45) is 5.85. The van der Waals surface area contributed by atoms with Gasteiger partial charge in [0.25, 0.3) is 0 Å². The number of hydrogen-bond acceptors (Lipinski definition) is 7. The van der Waals surface area contributed by atoms with Gasteiger partial charge in [-0.2, -0.15) is 5.10 Å². The Morgan fingerprint density at radius 1 is 1.03 bits per heavy atom. The van der Waals surface area contributed by atoms with Crippen LogP contribution in [0.15, 0.2) is 40.8 Å². The molecule has 3 aromatic rings. The summed E-state index contributed by atoms with van der Waals surface area (Å²) in [5, 5.41) is 4.72. The van der Waals surface area contributed by atoms with Crippen LogP contribution in [0.5, 0.6) is 0 Å². The molecule has 1 aliphatic heterocycles. The SMILES string of the molecule is CCc1nc2n(c1-c1cnccn1)N=C(C)C2=Nc1ccc(N(CC)CC)nc1C. The molecule has 0 N–H and O–H groups in total. The van der Waals surface area contributed by atoms with E-state index in [1.165, 1.54) is 0 Å². The van der Waals surface area contributed by atoms with Crippen LogP contribution in [0, 0.1) is 6.92 Å². The molecule has 3 aromatic heterocycles. The van der Waals surface area contributed by atoms with Gasteiger partial charge in [-0.25, -0.2) is 19.6 Å². The molecule has 154 valence electrons. The Morgan fingerprint density at radius 3 is 2.47 bits per heavy atom. The Hall–Kier alpha value is -3.42. The van der Waals surface area contributed by atoms with Crippen molar-refractivity contribution in [2.75, 3.05) is 18.0 Å². The molecule has 0 radical (unpaired) electrons. The molecule has 4 heterocycles. The number of aromatic nitrogens is 5. The van der Waals surface area contributed by atoms with Crippen molar-refractivity contribution < 1.29 is 0 Å². The van der Waals surface area contributed by atoms with Crippen molar-refractivity contribution in [1.29, 1.82) is 0 Å². The minimum Gasteiger partial charge on any atom is -0.357 e. The summed E-state index contributed by atoms with van der Waals surface area (Å²) >= 11 is 0. The fourth-order valence-electron chi connectivity index (χ4n) is 3.62. The van der Waals surface area contributed by atoms with E-state index in [2.05, 4.69) is 35.6 Å². The fourth-order valence-corrected chi connectivity index (χ4v) is 3.62. The first-order valence-corrected chi connectivity index (χ1v) is 10.3.